The largest absolute Gasteiger partial charge is 0.323 e. The zero-order valence-corrected chi connectivity index (χ0v) is 8.64. The maximum atomic E-state index is 12.7. The van der Waals surface area contributed by atoms with Gasteiger partial charge in [-0.1, -0.05) is 6.07 Å². The maximum Gasteiger partial charge on any atom is 0.123 e. The second-order valence-electron chi connectivity index (χ2n) is 2.97. The lowest BCUT2D eigenvalue weighted by molar-refractivity contribution is 0.623. The van der Waals surface area contributed by atoms with Crippen LogP contribution in [0.25, 0.3) is 0 Å². The molecule has 4 heteroatoms. The number of nitrogens with two attached hydrogens (primary N) is 1. The first kappa shape index (κ1) is 12.9. The first-order valence-electron chi connectivity index (χ1n) is 4.03. The normalized spacial score (nSPS) is 11.3. The summed E-state index contributed by atoms with van der Waals surface area (Å²) in [5.74, 6) is -0.273. The van der Waals surface area contributed by atoms with Gasteiger partial charge in [0.05, 0.1) is 12.5 Å². The highest BCUT2D eigenvalue weighted by atomic mass is 35.5. The summed E-state index contributed by atoms with van der Waals surface area (Å²) >= 11 is 0. The summed E-state index contributed by atoms with van der Waals surface area (Å²) in [6.45, 7) is 1.79. The Labute approximate surface area is 88.9 Å². The molecule has 0 aromatic heterocycles. The van der Waals surface area contributed by atoms with Gasteiger partial charge in [-0.3, -0.25) is 0 Å². The summed E-state index contributed by atoms with van der Waals surface area (Å²) in [6, 6.07) is 6.09. The van der Waals surface area contributed by atoms with Gasteiger partial charge >= 0.3 is 0 Å². The topological polar surface area (TPSA) is 49.8 Å². The molecule has 1 rings (SSSR count). The molecule has 0 aliphatic carbocycles. The first-order valence-corrected chi connectivity index (χ1v) is 4.03. The lowest BCUT2D eigenvalue weighted by Gasteiger charge is -2.10. The molecule has 76 valence electrons. The van der Waals surface area contributed by atoms with Gasteiger partial charge < -0.3 is 5.73 Å². The Balaban J connectivity index is 0.00000169. The SMILES string of the molecule is Cc1cc(F)ccc1[C@@H](N)CC#N.Cl. The van der Waals surface area contributed by atoms with E-state index in [1.165, 1.54) is 12.1 Å². The standard InChI is InChI=1S/C10H11FN2.ClH/c1-7-6-8(11)2-3-9(7)10(13)4-5-12;/h2-3,6,10H,4,13H2,1H3;1H/t10-;/m0./s1. The molecule has 0 fully saturated rings. The van der Waals surface area contributed by atoms with E-state index in [-0.39, 0.29) is 30.7 Å². The van der Waals surface area contributed by atoms with Crippen LogP contribution in [0.2, 0.25) is 0 Å². The molecule has 0 unspecified atom stereocenters. The van der Waals surface area contributed by atoms with Crippen molar-refractivity contribution in [3.05, 3.63) is 35.1 Å². The van der Waals surface area contributed by atoms with Gasteiger partial charge in [0, 0.05) is 6.04 Å². The number of halogens is 2. The molecule has 2 N–H and O–H groups in total. The minimum Gasteiger partial charge on any atom is -0.323 e. The summed E-state index contributed by atoms with van der Waals surface area (Å²) < 4.78 is 12.7. The van der Waals surface area contributed by atoms with Gasteiger partial charge in [-0.25, -0.2) is 4.39 Å². The van der Waals surface area contributed by atoms with Crippen LogP contribution in [-0.4, -0.2) is 0 Å². The van der Waals surface area contributed by atoms with E-state index < -0.39 is 0 Å². The molecular weight excluding hydrogens is 203 g/mol. The molecule has 1 atom stereocenters. The Morgan fingerprint density at radius 3 is 2.71 bits per heavy atom. The van der Waals surface area contributed by atoms with Crippen molar-refractivity contribution in [3.8, 4) is 6.07 Å². The molecule has 1 aromatic carbocycles. The molecule has 0 radical (unpaired) electrons. The molecule has 0 aliphatic rings. The number of aryl methyl sites for hydroxylation is 1. The third kappa shape index (κ3) is 2.99. The van der Waals surface area contributed by atoms with Crippen LogP contribution < -0.4 is 5.73 Å². The van der Waals surface area contributed by atoms with Gasteiger partial charge in [-0.2, -0.15) is 5.26 Å². The first-order chi connectivity index (χ1) is 6.15. The highest BCUT2D eigenvalue weighted by Crippen LogP contribution is 2.18. The average Bonchev–Trinajstić information content (AvgIpc) is 2.04. The predicted molar refractivity (Wildman–Crippen MR) is 55.5 cm³/mol. The van der Waals surface area contributed by atoms with E-state index in [4.69, 9.17) is 11.0 Å². The molecule has 0 aliphatic heterocycles. The lowest BCUT2D eigenvalue weighted by Crippen LogP contribution is -2.10. The van der Waals surface area contributed by atoms with E-state index in [1.807, 2.05) is 6.07 Å². The minimum atomic E-state index is -0.314. The van der Waals surface area contributed by atoms with Crippen molar-refractivity contribution in [2.24, 2.45) is 5.73 Å². The number of nitrogens with zero attached hydrogens (tertiary/aromatic N) is 1. The summed E-state index contributed by atoms with van der Waals surface area (Å²) in [6.07, 6.45) is 0.256. The van der Waals surface area contributed by atoms with Gasteiger partial charge in [0.1, 0.15) is 5.82 Å². The van der Waals surface area contributed by atoms with Gasteiger partial charge in [0.2, 0.25) is 0 Å². The third-order valence-electron chi connectivity index (χ3n) is 1.94. The second-order valence-corrected chi connectivity index (χ2v) is 2.97. The van der Waals surface area contributed by atoms with Crippen molar-refractivity contribution >= 4 is 12.4 Å². The van der Waals surface area contributed by atoms with Gasteiger partial charge in [-0.05, 0) is 30.2 Å². The van der Waals surface area contributed by atoms with Gasteiger partial charge in [0.15, 0.2) is 0 Å². The van der Waals surface area contributed by atoms with E-state index in [1.54, 1.807) is 13.0 Å². The smallest absolute Gasteiger partial charge is 0.123 e. The molecule has 0 saturated heterocycles. The molecule has 0 amide bonds. The van der Waals surface area contributed by atoms with Crippen molar-refractivity contribution in [2.75, 3.05) is 0 Å². The van der Waals surface area contributed by atoms with Crippen LogP contribution in [-0.2, 0) is 0 Å². The summed E-state index contributed by atoms with van der Waals surface area (Å²) in [5.41, 5.74) is 7.34. The predicted octanol–water partition coefficient (Wildman–Crippen LogP) is 2.47. The van der Waals surface area contributed by atoms with Crippen molar-refractivity contribution < 1.29 is 4.39 Å². The summed E-state index contributed by atoms with van der Waals surface area (Å²) in [5, 5.41) is 8.44. The molecule has 2 nitrogen and oxygen atoms in total. The Bertz CT molecular complexity index is 346. The van der Waals surface area contributed by atoms with E-state index in [2.05, 4.69) is 0 Å². The number of benzene rings is 1. The maximum absolute atomic E-state index is 12.7. The van der Waals surface area contributed by atoms with E-state index in [0.717, 1.165) is 11.1 Å². The van der Waals surface area contributed by atoms with Crippen molar-refractivity contribution in [1.29, 1.82) is 5.26 Å². The highest BCUT2D eigenvalue weighted by molar-refractivity contribution is 5.85. The molecule has 1 aromatic rings. The Hall–Kier alpha value is -1.11. The van der Waals surface area contributed by atoms with Crippen LogP contribution in [0.4, 0.5) is 4.39 Å². The Morgan fingerprint density at radius 2 is 2.21 bits per heavy atom. The van der Waals surface area contributed by atoms with Crippen LogP contribution >= 0.6 is 12.4 Å². The molecule has 0 heterocycles. The molecule has 0 saturated carbocycles. The summed E-state index contributed by atoms with van der Waals surface area (Å²) in [4.78, 5) is 0. The quantitative estimate of drug-likeness (QED) is 0.822. The van der Waals surface area contributed by atoms with Crippen molar-refractivity contribution in [2.45, 2.75) is 19.4 Å². The monoisotopic (exact) mass is 214 g/mol. The zero-order chi connectivity index (χ0) is 9.84. The van der Waals surface area contributed by atoms with E-state index in [0.29, 0.717) is 0 Å². The van der Waals surface area contributed by atoms with E-state index >= 15 is 0 Å². The van der Waals surface area contributed by atoms with Crippen LogP contribution in [0, 0.1) is 24.1 Å². The fraction of sp³-hybridized carbons (Fsp3) is 0.300. The Kier molecular flexibility index (Phi) is 5.14. The highest BCUT2D eigenvalue weighted by Gasteiger charge is 2.08. The number of rotatable bonds is 2. The van der Waals surface area contributed by atoms with Crippen molar-refractivity contribution in [1.82, 2.24) is 0 Å². The van der Waals surface area contributed by atoms with Crippen LogP contribution in [0.5, 0.6) is 0 Å². The number of hydrogen-bond donors (Lipinski definition) is 1. The molecular formula is C10H12ClFN2. The summed E-state index contributed by atoms with van der Waals surface area (Å²) in [7, 11) is 0. The third-order valence-corrected chi connectivity index (χ3v) is 1.94. The van der Waals surface area contributed by atoms with Crippen LogP contribution in [0.3, 0.4) is 0 Å². The van der Waals surface area contributed by atoms with Gasteiger partial charge in [0.25, 0.3) is 0 Å². The number of hydrogen-bond acceptors (Lipinski definition) is 2. The van der Waals surface area contributed by atoms with Crippen molar-refractivity contribution in [3.63, 3.8) is 0 Å². The number of nitriles is 1. The Morgan fingerprint density at radius 1 is 1.57 bits per heavy atom. The van der Waals surface area contributed by atoms with Gasteiger partial charge in [-0.15, -0.1) is 12.4 Å². The zero-order valence-electron chi connectivity index (χ0n) is 7.83. The van der Waals surface area contributed by atoms with E-state index in [9.17, 15) is 4.39 Å². The lowest BCUT2D eigenvalue weighted by atomic mass is 10.00. The molecule has 0 bridgehead atoms. The fourth-order valence-corrected chi connectivity index (χ4v) is 1.26. The molecule has 0 spiro atoms. The fourth-order valence-electron chi connectivity index (χ4n) is 1.26. The minimum absolute atomic E-state index is 0. The molecule has 14 heavy (non-hydrogen) atoms. The second kappa shape index (κ2) is 5.58. The average molecular weight is 215 g/mol. The van der Waals surface area contributed by atoms with Crippen LogP contribution in [0.1, 0.15) is 23.6 Å². The van der Waals surface area contributed by atoms with Crippen LogP contribution in [0.15, 0.2) is 18.2 Å².